The van der Waals surface area contributed by atoms with Crippen molar-refractivity contribution in [2.24, 2.45) is 0 Å². The highest BCUT2D eigenvalue weighted by Crippen LogP contribution is 2.43. The molecule has 198 valence electrons. The van der Waals surface area contributed by atoms with Gasteiger partial charge in [-0.3, -0.25) is 14.5 Å². The van der Waals surface area contributed by atoms with Gasteiger partial charge in [0.1, 0.15) is 17.3 Å². The number of carbonyl (C=O) groups is 2. The molecule has 1 amide bonds. The number of aliphatic hydroxyl groups excluding tert-OH is 1. The molecule has 3 aromatic rings. The lowest BCUT2D eigenvalue weighted by atomic mass is 9.94. The number of hydrogen-bond acceptors (Lipinski definition) is 5. The highest BCUT2D eigenvalue weighted by molar-refractivity contribution is 6.51. The highest BCUT2D eigenvalue weighted by atomic mass is 16.5. The molecule has 6 nitrogen and oxygen atoms in total. The largest absolute Gasteiger partial charge is 0.507 e. The third kappa shape index (κ3) is 5.44. The first kappa shape index (κ1) is 27.0. The molecule has 0 spiro atoms. The van der Waals surface area contributed by atoms with E-state index in [4.69, 9.17) is 9.47 Å². The minimum atomic E-state index is -0.787. The Labute approximate surface area is 224 Å². The van der Waals surface area contributed by atoms with E-state index in [0.717, 1.165) is 23.1 Å². The second-order valence-corrected chi connectivity index (χ2v) is 10.1. The Morgan fingerprint density at radius 2 is 1.53 bits per heavy atom. The molecule has 3 aromatic carbocycles. The van der Waals surface area contributed by atoms with Gasteiger partial charge in [0.25, 0.3) is 11.7 Å². The van der Waals surface area contributed by atoms with E-state index in [1.807, 2.05) is 58.9 Å². The molecule has 0 bridgehead atoms. The summed E-state index contributed by atoms with van der Waals surface area (Å²) >= 11 is 0. The van der Waals surface area contributed by atoms with Crippen LogP contribution in [-0.4, -0.2) is 29.0 Å². The van der Waals surface area contributed by atoms with Crippen molar-refractivity contribution in [2.75, 3.05) is 4.90 Å². The normalized spacial score (nSPS) is 16.9. The van der Waals surface area contributed by atoms with Crippen LogP contribution in [0.5, 0.6) is 11.5 Å². The Morgan fingerprint density at radius 1 is 0.895 bits per heavy atom. The monoisotopic (exact) mass is 513 g/mol. The Kier molecular flexibility index (Phi) is 7.91. The standard InChI is InChI=1S/C32H35NO5/c1-7-22-8-10-23(11-9-22)29-28(30(34)24-12-17-27(21(6)18-24)38-20(4)5)31(35)32(36)33(29)25-13-15-26(16-14-25)37-19(2)3/h8-20,29,34H,7H2,1-6H3/b30-28-. The molecular formula is C32H35NO5. The van der Waals surface area contributed by atoms with E-state index in [9.17, 15) is 14.7 Å². The fourth-order valence-electron chi connectivity index (χ4n) is 4.65. The van der Waals surface area contributed by atoms with Gasteiger partial charge in [-0.25, -0.2) is 0 Å². The van der Waals surface area contributed by atoms with Crippen molar-refractivity contribution in [3.63, 3.8) is 0 Å². The molecule has 1 aliphatic rings. The van der Waals surface area contributed by atoms with Gasteiger partial charge < -0.3 is 14.6 Å². The maximum atomic E-state index is 13.5. The van der Waals surface area contributed by atoms with Crippen LogP contribution in [-0.2, 0) is 16.0 Å². The second-order valence-electron chi connectivity index (χ2n) is 10.1. The van der Waals surface area contributed by atoms with Gasteiger partial charge >= 0.3 is 0 Å². The molecule has 0 saturated carbocycles. The minimum Gasteiger partial charge on any atom is -0.507 e. The van der Waals surface area contributed by atoms with E-state index < -0.39 is 17.7 Å². The molecule has 38 heavy (non-hydrogen) atoms. The van der Waals surface area contributed by atoms with E-state index >= 15 is 0 Å². The summed E-state index contributed by atoms with van der Waals surface area (Å²) in [5.74, 6) is -0.259. The third-order valence-corrected chi connectivity index (χ3v) is 6.45. The Balaban J connectivity index is 1.84. The lowest BCUT2D eigenvalue weighted by Gasteiger charge is -2.26. The smallest absolute Gasteiger partial charge is 0.300 e. The fraction of sp³-hybridized carbons (Fsp3) is 0.312. The van der Waals surface area contributed by atoms with Gasteiger partial charge in [-0.2, -0.15) is 0 Å². The third-order valence-electron chi connectivity index (χ3n) is 6.45. The number of aliphatic hydroxyl groups is 1. The number of benzene rings is 3. The number of amides is 1. The molecule has 0 radical (unpaired) electrons. The molecule has 1 N–H and O–H groups in total. The van der Waals surface area contributed by atoms with Crippen molar-refractivity contribution in [1.82, 2.24) is 0 Å². The predicted molar refractivity (Wildman–Crippen MR) is 150 cm³/mol. The van der Waals surface area contributed by atoms with Gasteiger partial charge in [0, 0.05) is 11.3 Å². The van der Waals surface area contributed by atoms with Crippen molar-refractivity contribution >= 4 is 23.1 Å². The minimum absolute atomic E-state index is 0.00175. The van der Waals surface area contributed by atoms with Gasteiger partial charge in [0.2, 0.25) is 0 Å². The van der Waals surface area contributed by atoms with Crippen molar-refractivity contribution in [3.8, 4) is 11.5 Å². The van der Waals surface area contributed by atoms with Gasteiger partial charge in [0.15, 0.2) is 0 Å². The number of rotatable bonds is 8. The summed E-state index contributed by atoms with van der Waals surface area (Å²) in [5.41, 5.74) is 3.75. The summed E-state index contributed by atoms with van der Waals surface area (Å²) in [4.78, 5) is 28.4. The maximum Gasteiger partial charge on any atom is 0.300 e. The first-order valence-corrected chi connectivity index (χ1v) is 13.0. The molecular weight excluding hydrogens is 478 g/mol. The summed E-state index contributed by atoms with van der Waals surface area (Å²) in [6.07, 6.45) is 0.872. The van der Waals surface area contributed by atoms with Crippen LogP contribution in [0.3, 0.4) is 0 Å². The quantitative estimate of drug-likeness (QED) is 0.205. The number of nitrogens with zero attached hydrogens (tertiary/aromatic N) is 1. The predicted octanol–water partition coefficient (Wildman–Crippen LogP) is 6.76. The van der Waals surface area contributed by atoms with Crippen molar-refractivity contribution in [2.45, 2.75) is 66.2 Å². The zero-order chi connectivity index (χ0) is 27.6. The Hall–Kier alpha value is -4.06. The summed E-state index contributed by atoms with van der Waals surface area (Å²) in [6.45, 7) is 11.7. The summed E-state index contributed by atoms with van der Waals surface area (Å²) in [7, 11) is 0. The molecule has 1 unspecified atom stereocenters. The Morgan fingerprint density at radius 3 is 2.08 bits per heavy atom. The van der Waals surface area contributed by atoms with Crippen molar-refractivity contribution < 1.29 is 24.2 Å². The number of carbonyl (C=O) groups excluding carboxylic acids is 2. The average Bonchev–Trinajstić information content (AvgIpc) is 3.15. The Bertz CT molecular complexity index is 1350. The van der Waals surface area contributed by atoms with Crippen LogP contribution in [0.4, 0.5) is 5.69 Å². The van der Waals surface area contributed by atoms with E-state index in [1.165, 1.54) is 4.90 Å². The zero-order valence-electron chi connectivity index (χ0n) is 22.8. The molecule has 1 atom stereocenters. The molecule has 1 saturated heterocycles. The lowest BCUT2D eigenvalue weighted by molar-refractivity contribution is -0.132. The lowest BCUT2D eigenvalue weighted by Crippen LogP contribution is -2.29. The van der Waals surface area contributed by atoms with Crippen molar-refractivity contribution in [3.05, 3.63) is 94.6 Å². The van der Waals surface area contributed by atoms with Gasteiger partial charge in [0.05, 0.1) is 23.8 Å². The molecule has 6 heteroatoms. The molecule has 1 aliphatic heterocycles. The SMILES string of the molecule is CCc1ccc(C2/C(=C(/O)c3ccc(OC(C)C)c(C)c3)C(=O)C(=O)N2c2ccc(OC(C)C)cc2)cc1. The first-order chi connectivity index (χ1) is 18.1. The van der Waals surface area contributed by atoms with Crippen LogP contribution in [0.1, 0.15) is 62.9 Å². The molecule has 0 aromatic heterocycles. The zero-order valence-corrected chi connectivity index (χ0v) is 22.8. The molecule has 0 aliphatic carbocycles. The highest BCUT2D eigenvalue weighted by Gasteiger charge is 2.47. The van der Waals surface area contributed by atoms with E-state index in [2.05, 4.69) is 6.92 Å². The van der Waals surface area contributed by atoms with Crippen LogP contribution < -0.4 is 14.4 Å². The average molecular weight is 514 g/mol. The van der Waals surface area contributed by atoms with Crippen LogP contribution in [0, 0.1) is 6.92 Å². The number of ketones is 1. The van der Waals surface area contributed by atoms with Gasteiger partial charge in [-0.1, -0.05) is 31.2 Å². The summed E-state index contributed by atoms with van der Waals surface area (Å²) in [6, 6.07) is 19.4. The van der Waals surface area contributed by atoms with E-state index in [1.54, 1.807) is 42.5 Å². The molecule has 4 rings (SSSR count). The molecule has 1 fully saturated rings. The fourth-order valence-corrected chi connectivity index (χ4v) is 4.65. The van der Waals surface area contributed by atoms with Crippen LogP contribution in [0.2, 0.25) is 0 Å². The van der Waals surface area contributed by atoms with E-state index in [-0.39, 0.29) is 23.5 Å². The topological polar surface area (TPSA) is 76.1 Å². The van der Waals surface area contributed by atoms with E-state index in [0.29, 0.717) is 22.7 Å². The van der Waals surface area contributed by atoms with Crippen LogP contribution in [0.25, 0.3) is 5.76 Å². The number of Topliss-reactive ketones (excluding diaryl/α,β-unsaturated/α-hetero) is 1. The van der Waals surface area contributed by atoms with Gasteiger partial charge in [-0.05, 0) is 100 Å². The number of hydrogen-bond donors (Lipinski definition) is 1. The number of aryl methyl sites for hydroxylation is 2. The second kappa shape index (κ2) is 11.1. The van der Waals surface area contributed by atoms with Crippen molar-refractivity contribution in [1.29, 1.82) is 0 Å². The summed E-state index contributed by atoms with van der Waals surface area (Å²) in [5, 5.41) is 11.5. The van der Waals surface area contributed by atoms with Gasteiger partial charge in [-0.15, -0.1) is 0 Å². The molecule has 1 heterocycles. The van der Waals surface area contributed by atoms with Crippen LogP contribution >= 0.6 is 0 Å². The van der Waals surface area contributed by atoms with Crippen LogP contribution in [0.15, 0.2) is 72.3 Å². The first-order valence-electron chi connectivity index (χ1n) is 13.0. The number of anilines is 1. The maximum absolute atomic E-state index is 13.5. The summed E-state index contributed by atoms with van der Waals surface area (Å²) < 4.78 is 11.6. The number of ether oxygens (including phenoxy) is 2.